The second-order valence-electron chi connectivity index (χ2n) is 5.87. The van der Waals surface area contributed by atoms with Crippen LogP contribution in [0.25, 0.3) is 0 Å². The number of amides is 2. The van der Waals surface area contributed by atoms with Gasteiger partial charge in [0.15, 0.2) is 11.5 Å². The number of cyclic esters (lactones) is 1. The number of benzene rings is 2. The maximum absolute atomic E-state index is 12.2. The van der Waals surface area contributed by atoms with Gasteiger partial charge in [0, 0.05) is 16.8 Å². The fourth-order valence-electron chi connectivity index (χ4n) is 2.70. The lowest BCUT2D eigenvalue weighted by Crippen LogP contribution is -2.23. The van der Waals surface area contributed by atoms with Crippen LogP contribution in [-0.4, -0.2) is 45.9 Å². The van der Waals surface area contributed by atoms with Crippen molar-refractivity contribution in [1.29, 1.82) is 0 Å². The number of hydrogen-bond donors (Lipinski definition) is 1. The van der Waals surface area contributed by atoms with Crippen molar-refractivity contribution in [1.82, 2.24) is 5.32 Å². The molecule has 1 saturated heterocycles. The third-order valence-corrected chi connectivity index (χ3v) is 4.16. The Balaban J connectivity index is 1.56. The smallest absolute Gasteiger partial charge is 0.414 e. The van der Waals surface area contributed by atoms with Crippen molar-refractivity contribution in [3.05, 3.63) is 53.6 Å². The summed E-state index contributed by atoms with van der Waals surface area (Å²) in [5.41, 5.74) is 2.02. The number of anilines is 1. The van der Waals surface area contributed by atoms with Gasteiger partial charge >= 0.3 is 6.09 Å². The molecule has 144 valence electrons. The summed E-state index contributed by atoms with van der Waals surface area (Å²) < 4.78 is 15.3. The van der Waals surface area contributed by atoms with Gasteiger partial charge in [-0.25, -0.2) is 4.79 Å². The van der Waals surface area contributed by atoms with Crippen molar-refractivity contribution in [2.24, 2.45) is 0 Å². The molecule has 0 unspecified atom stereocenters. The maximum atomic E-state index is 12.2. The van der Waals surface area contributed by atoms with Crippen LogP contribution in [0.1, 0.15) is 15.9 Å². The number of rotatable bonds is 5. The monoisotopic (exact) mass is 380 g/mol. The molecule has 1 aliphatic heterocycles. The van der Waals surface area contributed by atoms with Gasteiger partial charge in [-0.15, -0.1) is 0 Å². The van der Waals surface area contributed by atoms with Gasteiger partial charge in [0.1, 0.15) is 6.61 Å². The molecule has 1 aliphatic rings. The Morgan fingerprint density at radius 3 is 2.54 bits per heavy atom. The lowest BCUT2D eigenvalue weighted by molar-refractivity contribution is 0.0958. The average Bonchev–Trinajstić information content (AvgIpc) is 3.16. The van der Waals surface area contributed by atoms with Gasteiger partial charge < -0.3 is 19.5 Å². The van der Waals surface area contributed by atoms with E-state index < -0.39 is 0 Å². The summed E-state index contributed by atoms with van der Waals surface area (Å²) in [6.45, 7) is 1.15. The summed E-state index contributed by atoms with van der Waals surface area (Å²) in [5, 5.41) is 2.74. The minimum Gasteiger partial charge on any atom is -0.493 e. The average molecular weight is 380 g/mol. The quantitative estimate of drug-likeness (QED) is 0.807. The Bertz CT molecular complexity index is 928. The Labute approximate surface area is 163 Å². The number of carbonyl (C=O) groups excluding carboxylic acids is 2. The number of methoxy groups -OCH3 is 2. The zero-order chi connectivity index (χ0) is 19.9. The van der Waals surface area contributed by atoms with Crippen molar-refractivity contribution in [2.75, 3.05) is 38.8 Å². The van der Waals surface area contributed by atoms with Gasteiger partial charge in [0.05, 0.1) is 27.3 Å². The highest BCUT2D eigenvalue weighted by atomic mass is 16.6. The van der Waals surface area contributed by atoms with E-state index in [1.807, 2.05) is 24.3 Å². The standard InChI is InChI=1S/C21H20N2O5/c1-26-18-10-7-16(14-19(18)27-2)20(24)22-11-3-4-15-5-8-17(9-6-15)23-12-13-28-21(23)25/h5-10,14H,11-13H2,1-2H3,(H,22,24). The topological polar surface area (TPSA) is 77.1 Å². The van der Waals surface area contributed by atoms with Crippen molar-refractivity contribution in [2.45, 2.75) is 0 Å². The number of hydrogen-bond acceptors (Lipinski definition) is 5. The van der Waals surface area contributed by atoms with Gasteiger partial charge in [0.25, 0.3) is 5.91 Å². The molecule has 0 saturated carbocycles. The van der Waals surface area contributed by atoms with Crippen LogP contribution in [-0.2, 0) is 4.74 Å². The van der Waals surface area contributed by atoms with Crippen molar-refractivity contribution < 1.29 is 23.8 Å². The first-order chi connectivity index (χ1) is 13.6. The van der Waals surface area contributed by atoms with E-state index in [0.29, 0.717) is 30.2 Å². The van der Waals surface area contributed by atoms with Gasteiger partial charge in [0.2, 0.25) is 0 Å². The molecule has 0 atom stereocenters. The first kappa shape index (κ1) is 19.1. The molecular weight excluding hydrogens is 360 g/mol. The molecular formula is C21H20N2O5. The van der Waals surface area contributed by atoms with Crippen LogP contribution in [0.3, 0.4) is 0 Å². The SMILES string of the molecule is COc1ccc(C(=O)NCC#Cc2ccc(N3CCOC3=O)cc2)cc1OC. The van der Waals surface area contributed by atoms with Crippen molar-refractivity contribution in [3.63, 3.8) is 0 Å². The Hall–Kier alpha value is -3.66. The highest BCUT2D eigenvalue weighted by Crippen LogP contribution is 2.27. The van der Waals surface area contributed by atoms with Crippen molar-refractivity contribution >= 4 is 17.7 Å². The Kier molecular flexibility index (Phi) is 6.02. The highest BCUT2D eigenvalue weighted by Gasteiger charge is 2.23. The summed E-state index contributed by atoms with van der Waals surface area (Å²) in [4.78, 5) is 25.3. The fraction of sp³-hybridized carbons (Fsp3) is 0.238. The third-order valence-electron chi connectivity index (χ3n) is 4.16. The van der Waals surface area contributed by atoms with E-state index in [4.69, 9.17) is 14.2 Å². The van der Waals surface area contributed by atoms with Crippen LogP contribution < -0.4 is 19.7 Å². The molecule has 1 N–H and O–H groups in total. The molecule has 0 aliphatic carbocycles. The van der Waals surface area contributed by atoms with Crippen LogP contribution in [0.2, 0.25) is 0 Å². The summed E-state index contributed by atoms with van der Waals surface area (Å²) in [5.74, 6) is 6.68. The molecule has 2 amide bonds. The summed E-state index contributed by atoms with van der Waals surface area (Å²) in [7, 11) is 3.06. The number of nitrogens with one attached hydrogen (secondary N) is 1. The predicted molar refractivity (Wildman–Crippen MR) is 104 cm³/mol. The number of ether oxygens (including phenoxy) is 3. The number of nitrogens with zero attached hydrogens (tertiary/aromatic N) is 1. The van der Waals surface area contributed by atoms with Gasteiger partial charge in [-0.05, 0) is 42.5 Å². The van der Waals surface area contributed by atoms with E-state index in [0.717, 1.165) is 11.3 Å². The van der Waals surface area contributed by atoms with Gasteiger partial charge in [-0.3, -0.25) is 9.69 Å². The first-order valence-electron chi connectivity index (χ1n) is 8.66. The van der Waals surface area contributed by atoms with E-state index in [9.17, 15) is 9.59 Å². The molecule has 0 spiro atoms. The molecule has 0 radical (unpaired) electrons. The van der Waals surface area contributed by atoms with Crippen LogP contribution >= 0.6 is 0 Å². The van der Waals surface area contributed by atoms with E-state index in [1.165, 1.54) is 14.2 Å². The highest BCUT2D eigenvalue weighted by molar-refractivity contribution is 5.95. The number of carbonyl (C=O) groups is 2. The zero-order valence-corrected chi connectivity index (χ0v) is 15.7. The Morgan fingerprint density at radius 2 is 1.89 bits per heavy atom. The van der Waals surface area contributed by atoms with E-state index >= 15 is 0 Å². The molecule has 7 nitrogen and oxygen atoms in total. The molecule has 1 fully saturated rings. The fourth-order valence-corrected chi connectivity index (χ4v) is 2.70. The lowest BCUT2D eigenvalue weighted by Gasteiger charge is -2.11. The molecule has 1 heterocycles. The summed E-state index contributed by atoms with van der Waals surface area (Å²) in [6.07, 6.45) is -0.336. The minimum atomic E-state index is -0.336. The van der Waals surface area contributed by atoms with Crippen LogP contribution in [0.5, 0.6) is 11.5 Å². The van der Waals surface area contributed by atoms with Crippen LogP contribution in [0, 0.1) is 11.8 Å². The molecule has 28 heavy (non-hydrogen) atoms. The third kappa shape index (κ3) is 4.35. The van der Waals surface area contributed by atoms with Crippen LogP contribution in [0.4, 0.5) is 10.5 Å². The predicted octanol–water partition coefficient (Wildman–Crippen LogP) is 2.44. The molecule has 3 rings (SSSR count). The van der Waals surface area contributed by atoms with Gasteiger partial charge in [-0.1, -0.05) is 11.8 Å². The second-order valence-corrected chi connectivity index (χ2v) is 5.87. The van der Waals surface area contributed by atoms with E-state index in [-0.39, 0.29) is 18.5 Å². The molecule has 2 aromatic carbocycles. The maximum Gasteiger partial charge on any atom is 0.414 e. The van der Waals surface area contributed by atoms with E-state index in [2.05, 4.69) is 17.2 Å². The van der Waals surface area contributed by atoms with Crippen LogP contribution in [0.15, 0.2) is 42.5 Å². The second kappa shape index (κ2) is 8.82. The van der Waals surface area contributed by atoms with E-state index in [1.54, 1.807) is 23.1 Å². The Morgan fingerprint density at radius 1 is 1.14 bits per heavy atom. The minimum absolute atomic E-state index is 0.202. The lowest BCUT2D eigenvalue weighted by atomic mass is 10.2. The molecule has 2 aromatic rings. The molecule has 0 aromatic heterocycles. The first-order valence-corrected chi connectivity index (χ1v) is 8.66. The van der Waals surface area contributed by atoms with Crippen molar-refractivity contribution in [3.8, 4) is 23.3 Å². The summed E-state index contributed by atoms with van der Waals surface area (Å²) >= 11 is 0. The molecule has 0 bridgehead atoms. The molecule has 7 heteroatoms. The largest absolute Gasteiger partial charge is 0.493 e. The zero-order valence-electron chi connectivity index (χ0n) is 15.7. The normalized spacial score (nSPS) is 12.6. The van der Waals surface area contributed by atoms with Gasteiger partial charge in [-0.2, -0.15) is 0 Å². The summed E-state index contributed by atoms with van der Waals surface area (Å²) in [6, 6.07) is 12.2.